The van der Waals surface area contributed by atoms with E-state index in [-0.39, 0.29) is 0 Å². The fourth-order valence-electron chi connectivity index (χ4n) is 1.90. The number of anilines is 1. The van der Waals surface area contributed by atoms with Crippen molar-refractivity contribution < 1.29 is 4.74 Å². The molecule has 1 aromatic heterocycles. The third-order valence-electron chi connectivity index (χ3n) is 3.10. The summed E-state index contributed by atoms with van der Waals surface area (Å²) in [5.41, 5.74) is 0.563. The van der Waals surface area contributed by atoms with Crippen LogP contribution in [0.3, 0.4) is 0 Å². The predicted molar refractivity (Wildman–Crippen MR) is 74.8 cm³/mol. The van der Waals surface area contributed by atoms with E-state index in [1.54, 1.807) is 30.3 Å². The van der Waals surface area contributed by atoms with E-state index in [0.29, 0.717) is 23.1 Å². The average molecular weight is 266 g/mol. The number of ether oxygens (including phenoxy) is 1. The van der Waals surface area contributed by atoms with Gasteiger partial charge in [0, 0.05) is 19.0 Å². The lowest BCUT2D eigenvalue weighted by molar-refractivity contribution is 0.459. The standard InChI is InChI=1S/C15H14N4O/c1-17-13-8-14(19-15(18-13)11-5-6-11)20-12-4-2-3-10(7-12)9-16/h2-4,7-8,11H,5-6H2,1H3,(H,17,18,19). The quantitative estimate of drug-likeness (QED) is 0.920. The number of hydrogen-bond acceptors (Lipinski definition) is 5. The summed E-state index contributed by atoms with van der Waals surface area (Å²) in [4.78, 5) is 8.87. The lowest BCUT2D eigenvalue weighted by Gasteiger charge is -2.08. The van der Waals surface area contributed by atoms with Crippen LogP contribution in [0.5, 0.6) is 11.6 Å². The van der Waals surface area contributed by atoms with Crippen molar-refractivity contribution in [1.29, 1.82) is 5.26 Å². The zero-order valence-electron chi connectivity index (χ0n) is 11.1. The predicted octanol–water partition coefficient (Wildman–Crippen LogP) is 3.06. The molecule has 0 atom stereocenters. The van der Waals surface area contributed by atoms with Crippen LogP contribution >= 0.6 is 0 Å². The normalized spacial score (nSPS) is 13.6. The minimum atomic E-state index is 0.455. The Kier molecular flexibility index (Phi) is 3.21. The van der Waals surface area contributed by atoms with Crippen molar-refractivity contribution in [3.8, 4) is 17.7 Å². The first-order chi connectivity index (χ1) is 9.78. The summed E-state index contributed by atoms with van der Waals surface area (Å²) in [7, 11) is 1.82. The highest BCUT2D eigenvalue weighted by molar-refractivity contribution is 5.42. The second kappa shape index (κ2) is 5.17. The molecule has 20 heavy (non-hydrogen) atoms. The molecule has 0 aliphatic heterocycles. The van der Waals surface area contributed by atoms with E-state index in [0.717, 1.165) is 24.5 Å². The second-order valence-corrected chi connectivity index (χ2v) is 4.72. The summed E-state index contributed by atoms with van der Waals surface area (Å²) in [5.74, 6) is 3.13. The number of nitrogens with zero attached hydrogens (tertiary/aromatic N) is 3. The van der Waals surface area contributed by atoms with Gasteiger partial charge in [0.1, 0.15) is 17.4 Å². The molecule has 1 N–H and O–H groups in total. The van der Waals surface area contributed by atoms with Gasteiger partial charge in [-0.2, -0.15) is 10.2 Å². The molecule has 5 nitrogen and oxygen atoms in total. The van der Waals surface area contributed by atoms with Crippen LogP contribution in [0.2, 0.25) is 0 Å². The molecular weight excluding hydrogens is 252 g/mol. The number of hydrogen-bond donors (Lipinski definition) is 1. The molecular formula is C15H14N4O. The Labute approximate surface area is 117 Å². The minimum Gasteiger partial charge on any atom is -0.439 e. The van der Waals surface area contributed by atoms with Gasteiger partial charge in [0.2, 0.25) is 5.88 Å². The van der Waals surface area contributed by atoms with Crippen LogP contribution in [0.25, 0.3) is 0 Å². The van der Waals surface area contributed by atoms with Gasteiger partial charge in [-0.15, -0.1) is 0 Å². The Balaban J connectivity index is 1.89. The number of rotatable bonds is 4. The zero-order chi connectivity index (χ0) is 13.9. The summed E-state index contributed by atoms with van der Waals surface area (Å²) >= 11 is 0. The molecule has 0 saturated heterocycles. The van der Waals surface area contributed by atoms with Crippen molar-refractivity contribution in [2.75, 3.05) is 12.4 Å². The smallest absolute Gasteiger partial charge is 0.224 e. The molecule has 1 aliphatic rings. The van der Waals surface area contributed by atoms with Crippen LogP contribution in [0.4, 0.5) is 5.82 Å². The molecule has 1 aliphatic carbocycles. The van der Waals surface area contributed by atoms with Crippen molar-refractivity contribution in [2.45, 2.75) is 18.8 Å². The first kappa shape index (κ1) is 12.4. The van der Waals surface area contributed by atoms with Gasteiger partial charge in [-0.25, -0.2) is 4.98 Å². The highest BCUT2D eigenvalue weighted by atomic mass is 16.5. The summed E-state index contributed by atoms with van der Waals surface area (Å²) in [6, 6.07) is 10.9. The minimum absolute atomic E-state index is 0.455. The van der Waals surface area contributed by atoms with Gasteiger partial charge in [0.15, 0.2) is 0 Å². The van der Waals surface area contributed by atoms with Gasteiger partial charge in [0.25, 0.3) is 0 Å². The van der Waals surface area contributed by atoms with Crippen LogP contribution in [-0.4, -0.2) is 17.0 Å². The van der Waals surface area contributed by atoms with Crippen LogP contribution in [-0.2, 0) is 0 Å². The maximum absolute atomic E-state index is 8.89. The number of nitriles is 1. The summed E-state index contributed by atoms with van der Waals surface area (Å²) in [5, 5.41) is 11.9. The molecule has 1 fully saturated rings. The largest absolute Gasteiger partial charge is 0.439 e. The molecule has 0 unspecified atom stereocenters. The molecule has 100 valence electrons. The number of nitrogens with one attached hydrogen (secondary N) is 1. The van der Waals surface area contributed by atoms with Crippen molar-refractivity contribution in [3.63, 3.8) is 0 Å². The van der Waals surface area contributed by atoms with Crippen LogP contribution in [0.1, 0.15) is 30.1 Å². The molecule has 1 heterocycles. The Morgan fingerprint density at radius 3 is 2.85 bits per heavy atom. The molecule has 0 radical (unpaired) electrons. The lowest BCUT2D eigenvalue weighted by atomic mass is 10.2. The van der Waals surface area contributed by atoms with Crippen molar-refractivity contribution in [1.82, 2.24) is 9.97 Å². The van der Waals surface area contributed by atoms with Gasteiger partial charge in [-0.3, -0.25) is 0 Å². The highest BCUT2D eigenvalue weighted by Crippen LogP contribution is 2.39. The molecule has 0 spiro atoms. The SMILES string of the molecule is CNc1cc(Oc2cccc(C#N)c2)nc(C2CC2)n1. The number of aromatic nitrogens is 2. The fraction of sp³-hybridized carbons (Fsp3) is 0.267. The first-order valence-electron chi connectivity index (χ1n) is 6.53. The van der Waals surface area contributed by atoms with Crippen molar-refractivity contribution in [3.05, 3.63) is 41.7 Å². The van der Waals surface area contributed by atoms with E-state index in [1.807, 2.05) is 7.05 Å². The fourth-order valence-corrected chi connectivity index (χ4v) is 1.90. The third kappa shape index (κ3) is 2.69. The molecule has 0 bridgehead atoms. The van der Waals surface area contributed by atoms with Crippen molar-refractivity contribution >= 4 is 5.82 Å². The van der Waals surface area contributed by atoms with Gasteiger partial charge in [0.05, 0.1) is 11.6 Å². The van der Waals surface area contributed by atoms with Crippen molar-refractivity contribution in [2.24, 2.45) is 0 Å². The Hall–Kier alpha value is -2.61. The molecule has 2 aromatic rings. The Morgan fingerprint density at radius 1 is 1.30 bits per heavy atom. The van der Waals surface area contributed by atoms with Crippen LogP contribution < -0.4 is 10.1 Å². The molecule has 3 rings (SSSR count). The average Bonchev–Trinajstić information content (AvgIpc) is 3.31. The van der Waals surface area contributed by atoms with E-state index in [1.165, 1.54) is 0 Å². The molecule has 1 aromatic carbocycles. The lowest BCUT2D eigenvalue weighted by Crippen LogP contribution is -2.01. The summed E-state index contributed by atoms with van der Waals surface area (Å²) in [6.07, 6.45) is 2.27. The van der Waals surface area contributed by atoms with E-state index >= 15 is 0 Å². The van der Waals surface area contributed by atoms with E-state index in [2.05, 4.69) is 21.4 Å². The third-order valence-corrected chi connectivity index (χ3v) is 3.10. The van der Waals surface area contributed by atoms with E-state index in [4.69, 9.17) is 10.00 Å². The number of benzene rings is 1. The summed E-state index contributed by atoms with van der Waals surface area (Å²) in [6.45, 7) is 0. The van der Waals surface area contributed by atoms with Gasteiger partial charge in [-0.1, -0.05) is 6.07 Å². The second-order valence-electron chi connectivity index (χ2n) is 4.72. The molecule has 5 heteroatoms. The Morgan fingerprint density at radius 2 is 2.15 bits per heavy atom. The highest BCUT2D eigenvalue weighted by Gasteiger charge is 2.27. The monoisotopic (exact) mass is 266 g/mol. The van der Waals surface area contributed by atoms with Gasteiger partial charge < -0.3 is 10.1 Å². The summed E-state index contributed by atoms with van der Waals surface area (Å²) < 4.78 is 5.74. The first-order valence-corrected chi connectivity index (χ1v) is 6.53. The zero-order valence-corrected chi connectivity index (χ0v) is 11.1. The maximum Gasteiger partial charge on any atom is 0.224 e. The van der Waals surface area contributed by atoms with E-state index < -0.39 is 0 Å². The van der Waals surface area contributed by atoms with Crippen LogP contribution in [0.15, 0.2) is 30.3 Å². The molecule has 1 saturated carbocycles. The topological polar surface area (TPSA) is 70.8 Å². The molecule has 0 amide bonds. The Bertz CT molecular complexity index is 674. The maximum atomic E-state index is 8.89. The van der Waals surface area contributed by atoms with Crippen LogP contribution in [0, 0.1) is 11.3 Å². The van der Waals surface area contributed by atoms with Gasteiger partial charge >= 0.3 is 0 Å². The van der Waals surface area contributed by atoms with E-state index in [9.17, 15) is 0 Å². The van der Waals surface area contributed by atoms with Gasteiger partial charge in [-0.05, 0) is 31.0 Å².